The van der Waals surface area contributed by atoms with Crippen molar-refractivity contribution in [1.82, 2.24) is 9.80 Å². The third-order valence-corrected chi connectivity index (χ3v) is 6.41. The van der Waals surface area contributed by atoms with Gasteiger partial charge in [0.15, 0.2) is 6.61 Å². The molecule has 4 rings (SSSR count). The Morgan fingerprint density at radius 3 is 2.44 bits per heavy atom. The minimum absolute atomic E-state index is 0.209. The Balaban J connectivity index is 1.40. The number of hydrogen-bond donors (Lipinski definition) is 1. The van der Waals surface area contributed by atoms with Crippen LogP contribution in [0.3, 0.4) is 0 Å². The number of amides is 4. The van der Waals surface area contributed by atoms with Gasteiger partial charge in [-0.25, -0.2) is 0 Å². The van der Waals surface area contributed by atoms with E-state index in [9.17, 15) is 19.2 Å². The number of likely N-dealkylation sites (tertiary alicyclic amines) is 1. The van der Waals surface area contributed by atoms with Gasteiger partial charge in [-0.15, -0.1) is 0 Å². The normalized spacial score (nSPS) is 17.2. The van der Waals surface area contributed by atoms with E-state index in [1.165, 1.54) is 0 Å². The molecule has 0 atom stereocenters. The second-order valence-electron chi connectivity index (χ2n) is 7.95. The smallest absolute Gasteiger partial charge is 0.294 e. The van der Waals surface area contributed by atoms with Crippen molar-refractivity contribution < 1.29 is 23.9 Å². The van der Waals surface area contributed by atoms with Crippen molar-refractivity contribution in [2.75, 3.05) is 31.6 Å². The molecule has 2 aliphatic rings. The first-order valence-electron chi connectivity index (χ1n) is 11.1. The number of hydrogen-bond acceptors (Lipinski definition) is 6. The molecule has 2 aromatic rings. The van der Waals surface area contributed by atoms with Crippen molar-refractivity contribution in [2.24, 2.45) is 0 Å². The van der Waals surface area contributed by atoms with Gasteiger partial charge in [0.05, 0.1) is 4.91 Å². The van der Waals surface area contributed by atoms with Gasteiger partial charge in [0, 0.05) is 24.3 Å². The van der Waals surface area contributed by atoms with Gasteiger partial charge in [-0.05, 0) is 55.3 Å². The standard InChI is InChI=1S/C25H25N3O5S/c29-22(26-19-10-3-1-4-11-19)17-33-20-12-6-5-9-18(20)15-21-24(31)28(25(32)34-21)16-23(30)27-13-7-2-8-14-27/h1,3-6,9-12,15H,2,7-8,13-14,16-17H2,(H,26,29)/b21-15-. The number of piperidine rings is 1. The summed E-state index contributed by atoms with van der Waals surface area (Å²) in [5, 5.41) is 2.27. The molecule has 4 amide bonds. The summed E-state index contributed by atoms with van der Waals surface area (Å²) in [5.74, 6) is -0.632. The third kappa shape index (κ3) is 5.85. The Morgan fingerprint density at radius 2 is 1.68 bits per heavy atom. The Bertz CT molecular complexity index is 1110. The molecule has 0 aliphatic carbocycles. The number of nitrogens with one attached hydrogen (secondary N) is 1. The second kappa shape index (κ2) is 11.0. The Morgan fingerprint density at radius 1 is 0.971 bits per heavy atom. The van der Waals surface area contributed by atoms with Crippen molar-refractivity contribution in [2.45, 2.75) is 19.3 Å². The Labute approximate surface area is 201 Å². The quantitative estimate of drug-likeness (QED) is 0.608. The van der Waals surface area contributed by atoms with E-state index in [1.807, 2.05) is 18.2 Å². The fourth-order valence-electron chi connectivity index (χ4n) is 3.75. The molecule has 0 bridgehead atoms. The zero-order valence-electron chi connectivity index (χ0n) is 18.6. The van der Waals surface area contributed by atoms with Crippen molar-refractivity contribution >= 4 is 46.5 Å². The van der Waals surface area contributed by atoms with Crippen LogP contribution in [0.1, 0.15) is 24.8 Å². The second-order valence-corrected chi connectivity index (χ2v) is 8.94. The lowest BCUT2D eigenvalue weighted by Gasteiger charge is -2.27. The number of ether oxygens (including phenoxy) is 1. The number of imide groups is 1. The van der Waals surface area contributed by atoms with Crippen LogP contribution in [0.25, 0.3) is 6.08 Å². The maximum Gasteiger partial charge on any atom is 0.294 e. The average Bonchev–Trinajstić information content (AvgIpc) is 3.12. The van der Waals surface area contributed by atoms with Crippen LogP contribution in [0.15, 0.2) is 59.5 Å². The molecule has 2 aliphatic heterocycles. The molecule has 2 saturated heterocycles. The number of carbonyl (C=O) groups excluding carboxylic acids is 4. The van der Waals surface area contributed by atoms with Crippen LogP contribution in [0.5, 0.6) is 5.75 Å². The lowest BCUT2D eigenvalue weighted by Crippen LogP contribution is -2.44. The van der Waals surface area contributed by atoms with E-state index < -0.39 is 11.1 Å². The van der Waals surface area contributed by atoms with E-state index in [1.54, 1.807) is 47.4 Å². The molecule has 2 heterocycles. The summed E-state index contributed by atoms with van der Waals surface area (Å²) < 4.78 is 5.68. The summed E-state index contributed by atoms with van der Waals surface area (Å²) in [6, 6.07) is 16.0. The molecule has 34 heavy (non-hydrogen) atoms. The van der Waals surface area contributed by atoms with Crippen molar-refractivity contribution in [3.63, 3.8) is 0 Å². The van der Waals surface area contributed by atoms with Gasteiger partial charge >= 0.3 is 0 Å². The molecule has 0 unspecified atom stereocenters. The number of thioether (sulfide) groups is 1. The van der Waals surface area contributed by atoms with Gasteiger partial charge in [0.25, 0.3) is 17.1 Å². The Kier molecular flexibility index (Phi) is 7.64. The van der Waals surface area contributed by atoms with Crippen LogP contribution in [0, 0.1) is 0 Å². The van der Waals surface area contributed by atoms with Gasteiger partial charge in [0.1, 0.15) is 12.3 Å². The van der Waals surface area contributed by atoms with Crippen molar-refractivity contribution in [3.8, 4) is 5.75 Å². The number of carbonyl (C=O) groups is 4. The lowest BCUT2D eigenvalue weighted by atomic mass is 10.1. The highest BCUT2D eigenvalue weighted by molar-refractivity contribution is 8.18. The third-order valence-electron chi connectivity index (χ3n) is 5.50. The number of para-hydroxylation sites is 2. The molecule has 0 spiro atoms. The Hall–Kier alpha value is -3.59. The molecule has 2 aromatic carbocycles. The van der Waals surface area contributed by atoms with Crippen molar-refractivity contribution in [3.05, 3.63) is 65.1 Å². The van der Waals surface area contributed by atoms with Gasteiger partial charge in [-0.1, -0.05) is 36.4 Å². The zero-order valence-corrected chi connectivity index (χ0v) is 19.4. The van der Waals surface area contributed by atoms with Gasteiger partial charge < -0.3 is 15.0 Å². The van der Waals surface area contributed by atoms with Crippen LogP contribution in [0.4, 0.5) is 10.5 Å². The molecular weight excluding hydrogens is 454 g/mol. The summed E-state index contributed by atoms with van der Waals surface area (Å²) in [6.07, 6.45) is 4.52. The first-order valence-corrected chi connectivity index (χ1v) is 11.9. The fraction of sp³-hybridized carbons (Fsp3) is 0.280. The number of benzene rings is 2. The lowest BCUT2D eigenvalue weighted by molar-refractivity contribution is -0.136. The average molecular weight is 480 g/mol. The molecule has 1 N–H and O–H groups in total. The van der Waals surface area contributed by atoms with E-state index >= 15 is 0 Å². The van der Waals surface area contributed by atoms with Crippen LogP contribution in [0.2, 0.25) is 0 Å². The SMILES string of the molecule is O=C(COc1ccccc1/C=C1\SC(=O)N(CC(=O)N2CCCCC2)C1=O)Nc1ccccc1. The maximum atomic E-state index is 12.9. The number of anilines is 1. The first kappa shape index (κ1) is 23.6. The van der Waals surface area contributed by atoms with E-state index in [2.05, 4.69) is 5.32 Å². The van der Waals surface area contributed by atoms with Crippen LogP contribution >= 0.6 is 11.8 Å². The molecule has 0 saturated carbocycles. The van der Waals surface area contributed by atoms with E-state index in [0.717, 1.165) is 35.9 Å². The van der Waals surface area contributed by atoms with E-state index in [0.29, 0.717) is 30.1 Å². The van der Waals surface area contributed by atoms with Crippen LogP contribution in [-0.2, 0) is 14.4 Å². The van der Waals surface area contributed by atoms with Crippen molar-refractivity contribution in [1.29, 1.82) is 0 Å². The minimum atomic E-state index is -0.503. The molecule has 9 heteroatoms. The number of nitrogens with zero attached hydrogens (tertiary/aromatic N) is 2. The van der Waals surface area contributed by atoms with E-state index in [-0.39, 0.29) is 29.9 Å². The summed E-state index contributed by atoms with van der Waals surface area (Å²) >= 11 is 0.793. The summed E-state index contributed by atoms with van der Waals surface area (Å²) in [7, 11) is 0. The maximum absolute atomic E-state index is 12.9. The monoisotopic (exact) mass is 479 g/mol. The summed E-state index contributed by atoms with van der Waals surface area (Å²) in [4.78, 5) is 53.0. The van der Waals surface area contributed by atoms with Gasteiger partial charge in [-0.2, -0.15) is 0 Å². The van der Waals surface area contributed by atoms with Crippen LogP contribution in [-0.4, -0.2) is 59.0 Å². The number of rotatable bonds is 7. The molecular formula is C25H25N3O5S. The molecule has 2 fully saturated rings. The van der Waals surface area contributed by atoms with E-state index in [4.69, 9.17) is 4.74 Å². The summed E-state index contributed by atoms with van der Waals surface area (Å²) in [6.45, 7) is 0.853. The predicted molar refractivity (Wildman–Crippen MR) is 130 cm³/mol. The molecule has 176 valence electrons. The fourth-order valence-corrected chi connectivity index (χ4v) is 4.58. The first-order chi connectivity index (χ1) is 16.5. The zero-order chi connectivity index (χ0) is 23.9. The topological polar surface area (TPSA) is 96.0 Å². The largest absolute Gasteiger partial charge is 0.483 e. The minimum Gasteiger partial charge on any atom is -0.483 e. The van der Waals surface area contributed by atoms with Crippen LogP contribution < -0.4 is 10.1 Å². The highest BCUT2D eigenvalue weighted by Gasteiger charge is 2.37. The summed E-state index contributed by atoms with van der Waals surface area (Å²) in [5.41, 5.74) is 1.22. The highest BCUT2D eigenvalue weighted by Crippen LogP contribution is 2.34. The van der Waals surface area contributed by atoms with Gasteiger partial charge in [-0.3, -0.25) is 24.1 Å². The predicted octanol–water partition coefficient (Wildman–Crippen LogP) is 3.75. The molecule has 0 radical (unpaired) electrons. The highest BCUT2D eigenvalue weighted by atomic mass is 32.2. The molecule has 8 nitrogen and oxygen atoms in total. The van der Waals surface area contributed by atoms with Gasteiger partial charge in [0.2, 0.25) is 5.91 Å². The molecule has 0 aromatic heterocycles.